The molecule has 0 N–H and O–H groups in total. The second-order valence-electron chi connectivity index (χ2n) is 1.51. The van der Waals surface area contributed by atoms with Gasteiger partial charge in [-0.1, -0.05) is 12.6 Å². The maximum atomic E-state index is 4.88. The molecule has 2 nitrogen and oxygen atoms in total. The zero-order chi connectivity index (χ0) is 5.98. The normalized spacial score (nSPS) is 13.8. The third-order valence-electron chi connectivity index (χ3n) is 0.799. The Kier molecular flexibility index (Phi) is 1.58. The Bertz CT molecular complexity index is 147. The summed E-state index contributed by atoms with van der Waals surface area (Å²) in [4.78, 5) is 3.84. The Labute approximate surface area is 53.3 Å². The third-order valence-corrected chi connectivity index (χ3v) is 1.00. The van der Waals surface area contributed by atoms with Gasteiger partial charge in [0.25, 0.3) is 0 Å². The van der Waals surface area contributed by atoms with Gasteiger partial charge in [-0.3, -0.25) is 0 Å². The van der Waals surface area contributed by atoms with Crippen molar-refractivity contribution < 1.29 is 4.42 Å². The molecule has 1 heterocycles. The second-order valence-corrected chi connectivity index (χ2v) is 2.22. The van der Waals surface area contributed by atoms with Gasteiger partial charge >= 0.3 is 0 Å². The fourth-order valence-corrected chi connectivity index (χ4v) is 0.552. The molecule has 0 amide bonds. The molecule has 0 aliphatic carbocycles. The molecule has 0 saturated heterocycles. The van der Waals surface area contributed by atoms with Crippen LogP contribution in [0.4, 0.5) is 0 Å². The summed E-state index contributed by atoms with van der Waals surface area (Å²) in [7, 11) is 0. The first-order valence-corrected chi connectivity index (χ1v) is 2.83. The van der Waals surface area contributed by atoms with Crippen LogP contribution in [0.2, 0.25) is 0 Å². The Morgan fingerprint density at radius 1 is 1.88 bits per heavy atom. The molecule has 43 valence electrons. The van der Waals surface area contributed by atoms with Gasteiger partial charge in [0.15, 0.2) is 0 Å². The highest BCUT2D eigenvalue weighted by Gasteiger charge is 2.02. The largest absolute Gasteiger partial charge is 0.448 e. The number of nitrogens with zero attached hydrogens (tertiary/aromatic N) is 1. The molecule has 0 spiro atoms. The number of oxazole rings is 1. The molecule has 0 fully saturated rings. The molecule has 1 rings (SSSR count). The first-order valence-electron chi connectivity index (χ1n) is 2.36. The van der Waals surface area contributed by atoms with Crippen LogP contribution in [0.25, 0.3) is 0 Å². The van der Waals surface area contributed by atoms with Gasteiger partial charge in [0, 0.05) is 0 Å². The van der Waals surface area contributed by atoms with Crippen molar-refractivity contribution >= 4 is 12.6 Å². The quantitative estimate of drug-likeness (QED) is 0.577. The van der Waals surface area contributed by atoms with Gasteiger partial charge in [-0.2, -0.15) is 0 Å². The molecule has 1 atom stereocenters. The smallest absolute Gasteiger partial charge is 0.207 e. The third kappa shape index (κ3) is 1.04. The predicted octanol–water partition coefficient (Wildman–Crippen LogP) is 1.93. The van der Waals surface area contributed by atoms with Crippen LogP contribution < -0.4 is 0 Å². The van der Waals surface area contributed by atoms with E-state index < -0.39 is 0 Å². The molecule has 1 unspecified atom stereocenters. The van der Waals surface area contributed by atoms with Crippen LogP contribution >= 0.6 is 12.6 Å². The Morgan fingerprint density at radius 2 is 2.62 bits per heavy atom. The topological polar surface area (TPSA) is 26.0 Å². The van der Waals surface area contributed by atoms with E-state index in [9.17, 15) is 0 Å². The first kappa shape index (κ1) is 5.69. The zero-order valence-corrected chi connectivity index (χ0v) is 5.31. The van der Waals surface area contributed by atoms with E-state index in [1.54, 1.807) is 6.20 Å². The molecule has 0 saturated carbocycles. The second kappa shape index (κ2) is 2.22. The van der Waals surface area contributed by atoms with Gasteiger partial charge in [-0.25, -0.2) is 4.98 Å². The summed E-state index contributed by atoms with van der Waals surface area (Å²) in [5.41, 5.74) is 0. The van der Waals surface area contributed by atoms with Crippen molar-refractivity contribution in [3.05, 3.63) is 18.4 Å². The highest BCUT2D eigenvalue weighted by atomic mass is 32.1. The summed E-state index contributed by atoms with van der Waals surface area (Å²) in [6, 6.07) is 0. The molecule has 1 aromatic rings. The lowest BCUT2D eigenvalue weighted by Gasteiger charge is -1.90. The van der Waals surface area contributed by atoms with Crippen molar-refractivity contribution in [2.75, 3.05) is 0 Å². The van der Waals surface area contributed by atoms with Crippen molar-refractivity contribution in [3.8, 4) is 0 Å². The summed E-state index contributed by atoms with van der Waals surface area (Å²) in [5.74, 6) is 0.625. The summed E-state index contributed by atoms with van der Waals surface area (Å²) in [5, 5.41) is -0.00926. The van der Waals surface area contributed by atoms with Crippen molar-refractivity contribution in [2.24, 2.45) is 0 Å². The fraction of sp³-hybridized carbons (Fsp3) is 0.400. The average molecular weight is 128 g/mol. The molecular formula is C5H6NOS. The van der Waals surface area contributed by atoms with E-state index in [4.69, 9.17) is 17.0 Å². The Morgan fingerprint density at radius 3 is 2.88 bits per heavy atom. The average Bonchev–Trinajstić information content (AvgIpc) is 2.12. The number of aromatic nitrogens is 1. The Hall–Kier alpha value is -0.440. The van der Waals surface area contributed by atoms with Crippen molar-refractivity contribution in [2.45, 2.75) is 12.2 Å². The van der Waals surface area contributed by atoms with Crippen molar-refractivity contribution in [1.82, 2.24) is 4.98 Å². The molecule has 0 aliphatic heterocycles. The minimum absolute atomic E-state index is 0.00926. The SMILES string of the molecule is CC([S])c1ncco1. The van der Waals surface area contributed by atoms with E-state index in [-0.39, 0.29) is 5.25 Å². The lowest BCUT2D eigenvalue weighted by atomic mass is 10.5. The highest BCUT2D eigenvalue weighted by Crippen LogP contribution is 2.14. The summed E-state index contributed by atoms with van der Waals surface area (Å²) >= 11 is 4.84. The van der Waals surface area contributed by atoms with E-state index in [0.717, 1.165) is 0 Å². The number of hydrogen-bond acceptors (Lipinski definition) is 2. The van der Waals surface area contributed by atoms with Crippen LogP contribution in [0.15, 0.2) is 16.9 Å². The fourth-order valence-electron chi connectivity index (χ4n) is 0.435. The van der Waals surface area contributed by atoms with Gasteiger partial charge in [0.1, 0.15) is 6.26 Å². The maximum Gasteiger partial charge on any atom is 0.207 e. The molecular weight excluding hydrogens is 122 g/mol. The van der Waals surface area contributed by atoms with Crippen molar-refractivity contribution in [3.63, 3.8) is 0 Å². The van der Waals surface area contributed by atoms with Gasteiger partial charge in [-0.05, 0) is 6.92 Å². The lowest BCUT2D eigenvalue weighted by molar-refractivity contribution is 0.499. The predicted molar refractivity (Wildman–Crippen MR) is 32.5 cm³/mol. The molecule has 0 aromatic carbocycles. The molecule has 1 radical (unpaired) electrons. The standard InChI is InChI=1S/C5H6NOS/c1-4(8)5-6-2-3-7-5/h2-4H,1H3. The van der Waals surface area contributed by atoms with Crippen LogP contribution in [0.3, 0.4) is 0 Å². The van der Waals surface area contributed by atoms with E-state index >= 15 is 0 Å². The zero-order valence-electron chi connectivity index (χ0n) is 4.50. The van der Waals surface area contributed by atoms with Crippen LogP contribution in [0.1, 0.15) is 18.1 Å². The molecule has 0 bridgehead atoms. The first-order chi connectivity index (χ1) is 3.80. The van der Waals surface area contributed by atoms with Crippen LogP contribution in [0.5, 0.6) is 0 Å². The van der Waals surface area contributed by atoms with E-state index in [0.29, 0.717) is 5.89 Å². The Balaban J connectivity index is 2.77. The van der Waals surface area contributed by atoms with Crippen molar-refractivity contribution in [1.29, 1.82) is 0 Å². The van der Waals surface area contributed by atoms with Crippen LogP contribution in [-0.4, -0.2) is 4.98 Å². The van der Waals surface area contributed by atoms with E-state index in [1.165, 1.54) is 6.26 Å². The molecule has 3 heteroatoms. The minimum atomic E-state index is -0.00926. The van der Waals surface area contributed by atoms with Gasteiger partial charge < -0.3 is 4.42 Å². The lowest BCUT2D eigenvalue weighted by Crippen LogP contribution is -1.80. The van der Waals surface area contributed by atoms with Crippen LogP contribution in [-0.2, 0) is 0 Å². The summed E-state index contributed by atoms with van der Waals surface area (Å²) in [6.07, 6.45) is 3.12. The van der Waals surface area contributed by atoms with Gasteiger partial charge in [0.2, 0.25) is 5.89 Å². The monoisotopic (exact) mass is 128 g/mol. The minimum Gasteiger partial charge on any atom is -0.448 e. The van der Waals surface area contributed by atoms with E-state index in [1.807, 2.05) is 6.92 Å². The van der Waals surface area contributed by atoms with Crippen LogP contribution in [0, 0.1) is 0 Å². The molecule has 8 heavy (non-hydrogen) atoms. The molecule has 1 aromatic heterocycles. The maximum absolute atomic E-state index is 4.88. The van der Waals surface area contributed by atoms with Gasteiger partial charge in [0.05, 0.1) is 11.4 Å². The summed E-state index contributed by atoms with van der Waals surface area (Å²) in [6.45, 7) is 1.86. The number of hydrogen-bond donors (Lipinski definition) is 0. The van der Waals surface area contributed by atoms with Gasteiger partial charge in [-0.15, -0.1) is 0 Å². The summed E-state index contributed by atoms with van der Waals surface area (Å²) < 4.78 is 4.88. The highest BCUT2D eigenvalue weighted by molar-refractivity contribution is 7.80. The van der Waals surface area contributed by atoms with E-state index in [2.05, 4.69) is 4.98 Å². The number of rotatable bonds is 1. The molecule has 0 aliphatic rings.